The maximum Gasteiger partial charge on any atom is 0.210 e. The van der Waals surface area contributed by atoms with Crippen LogP contribution in [0.2, 0.25) is 0 Å². The highest BCUT2D eigenvalue weighted by Gasteiger charge is 2.30. The van der Waals surface area contributed by atoms with E-state index in [-0.39, 0.29) is 0 Å². The molecule has 0 aliphatic carbocycles. The Kier molecular flexibility index (Phi) is 7.11. The Balaban J connectivity index is 1.38. The molecule has 3 heterocycles. The van der Waals surface area contributed by atoms with Crippen LogP contribution in [0.15, 0.2) is 42.6 Å². The molecule has 2 aromatic carbocycles. The fourth-order valence-electron chi connectivity index (χ4n) is 4.96. The van der Waals surface area contributed by atoms with Crippen LogP contribution in [0.1, 0.15) is 23.1 Å². The van der Waals surface area contributed by atoms with Crippen LogP contribution < -0.4 is 4.72 Å². The first-order chi connectivity index (χ1) is 18.1. The van der Waals surface area contributed by atoms with Gasteiger partial charge in [-0.2, -0.15) is 9.98 Å². The van der Waals surface area contributed by atoms with Crippen LogP contribution in [0.3, 0.4) is 0 Å². The molecule has 1 atom stereocenters. The highest BCUT2D eigenvalue weighted by atomic mass is 32.2. The van der Waals surface area contributed by atoms with Gasteiger partial charge >= 0.3 is 0 Å². The fourth-order valence-corrected chi connectivity index (χ4v) is 5.62. The Morgan fingerprint density at radius 3 is 2.55 bits per heavy atom. The number of nitrogens with zero attached hydrogens (tertiary/aromatic N) is 6. The van der Waals surface area contributed by atoms with Crippen molar-refractivity contribution in [1.82, 2.24) is 29.1 Å². The number of hydrogen-bond acceptors (Lipinski definition) is 7. The number of hydrogen-bond donors (Lipinski definition) is 1. The lowest BCUT2D eigenvalue weighted by molar-refractivity contribution is 0.0882. The number of rotatable bonds is 7. The van der Waals surface area contributed by atoms with Crippen molar-refractivity contribution < 1.29 is 17.2 Å². The third-order valence-electron chi connectivity index (χ3n) is 6.95. The lowest BCUT2D eigenvalue weighted by Gasteiger charge is -2.38. The van der Waals surface area contributed by atoms with Gasteiger partial charge in [-0.05, 0) is 36.2 Å². The van der Waals surface area contributed by atoms with Gasteiger partial charge in [0.25, 0.3) is 0 Å². The van der Waals surface area contributed by atoms with Crippen molar-refractivity contribution in [3.05, 3.63) is 71.2 Å². The zero-order chi connectivity index (χ0) is 27.0. The number of nitrogens with one attached hydrogen (secondary N) is 1. The molecule has 9 nitrogen and oxygen atoms in total. The third kappa shape index (κ3) is 5.23. The van der Waals surface area contributed by atoms with Crippen LogP contribution in [-0.2, 0) is 23.5 Å². The number of halogens is 2. The van der Waals surface area contributed by atoms with E-state index < -0.39 is 27.8 Å². The zero-order valence-corrected chi connectivity index (χ0v) is 21.8. The number of aryl methyl sites for hydroxylation is 1. The SMILES string of the molecule is Cn1c2cnc(C(NS(C)(=O)=O)N3CCN(CCc4ccc(F)c(F)c4)CC3)nc2c2c(C#N)cccc21. The Bertz CT molecular complexity index is 1660. The number of piperazine rings is 1. The molecule has 1 fully saturated rings. The maximum absolute atomic E-state index is 13.5. The summed E-state index contributed by atoms with van der Waals surface area (Å²) in [6.45, 7) is 3.07. The molecular formula is C26H27F2N7O2S. The minimum absolute atomic E-state index is 0.304. The first-order valence-corrected chi connectivity index (χ1v) is 14.1. The summed E-state index contributed by atoms with van der Waals surface area (Å²) >= 11 is 0. The van der Waals surface area contributed by atoms with E-state index in [9.17, 15) is 22.5 Å². The van der Waals surface area contributed by atoms with Gasteiger partial charge in [0.2, 0.25) is 10.0 Å². The second-order valence-corrected chi connectivity index (χ2v) is 11.3. The second kappa shape index (κ2) is 10.3. The topological polar surface area (TPSA) is 107 Å². The van der Waals surface area contributed by atoms with Gasteiger partial charge in [-0.25, -0.2) is 27.2 Å². The lowest BCUT2D eigenvalue weighted by atomic mass is 10.1. The monoisotopic (exact) mass is 539 g/mol. The van der Waals surface area contributed by atoms with Crippen molar-refractivity contribution in [3.63, 3.8) is 0 Å². The molecular weight excluding hydrogens is 512 g/mol. The number of sulfonamides is 1. The molecule has 0 amide bonds. The molecule has 1 unspecified atom stereocenters. The smallest absolute Gasteiger partial charge is 0.210 e. The van der Waals surface area contributed by atoms with Crippen LogP contribution in [-0.4, -0.2) is 71.7 Å². The van der Waals surface area contributed by atoms with Crippen molar-refractivity contribution in [2.45, 2.75) is 12.6 Å². The van der Waals surface area contributed by atoms with Crippen LogP contribution in [0.4, 0.5) is 8.78 Å². The van der Waals surface area contributed by atoms with Gasteiger partial charge in [0.05, 0.1) is 35.1 Å². The summed E-state index contributed by atoms with van der Waals surface area (Å²) in [4.78, 5) is 13.5. The molecule has 0 spiro atoms. The number of benzene rings is 2. The van der Waals surface area contributed by atoms with E-state index in [0.717, 1.165) is 28.9 Å². The summed E-state index contributed by atoms with van der Waals surface area (Å²) in [5.41, 5.74) is 3.38. The average Bonchev–Trinajstić information content (AvgIpc) is 3.19. The molecule has 198 valence electrons. The van der Waals surface area contributed by atoms with E-state index >= 15 is 0 Å². The molecule has 38 heavy (non-hydrogen) atoms. The van der Waals surface area contributed by atoms with Crippen LogP contribution in [0.25, 0.3) is 21.9 Å². The van der Waals surface area contributed by atoms with Crippen LogP contribution in [0.5, 0.6) is 0 Å². The summed E-state index contributed by atoms with van der Waals surface area (Å²) in [6.07, 6.45) is 2.55. The van der Waals surface area contributed by atoms with E-state index in [1.807, 2.05) is 28.6 Å². The quantitative estimate of drug-likeness (QED) is 0.385. The largest absolute Gasteiger partial charge is 0.341 e. The molecule has 5 rings (SSSR count). The summed E-state index contributed by atoms with van der Waals surface area (Å²) in [5, 5.41) is 10.4. The van der Waals surface area contributed by atoms with Gasteiger partial charge < -0.3 is 9.47 Å². The van der Waals surface area contributed by atoms with Gasteiger partial charge in [-0.1, -0.05) is 12.1 Å². The maximum atomic E-state index is 13.5. The molecule has 1 aliphatic rings. The van der Waals surface area contributed by atoms with Crippen molar-refractivity contribution in [3.8, 4) is 6.07 Å². The third-order valence-corrected chi connectivity index (χ3v) is 7.60. The van der Waals surface area contributed by atoms with Gasteiger partial charge in [0.1, 0.15) is 11.7 Å². The minimum atomic E-state index is -3.60. The number of fused-ring (bicyclic) bond motifs is 3. The molecule has 1 N–H and O–H groups in total. The lowest BCUT2D eigenvalue weighted by Crippen LogP contribution is -2.52. The second-order valence-electron chi connectivity index (χ2n) is 9.50. The average molecular weight is 540 g/mol. The van der Waals surface area contributed by atoms with E-state index in [2.05, 4.69) is 20.7 Å². The number of nitriles is 1. The molecule has 12 heteroatoms. The Morgan fingerprint density at radius 2 is 1.87 bits per heavy atom. The molecule has 1 saturated heterocycles. The minimum Gasteiger partial charge on any atom is -0.341 e. The normalized spacial score (nSPS) is 16.2. The zero-order valence-electron chi connectivity index (χ0n) is 21.0. The summed E-state index contributed by atoms with van der Waals surface area (Å²) in [7, 11) is -1.72. The fraction of sp³-hybridized carbons (Fsp3) is 0.346. The standard InChI is InChI=1S/C26H27F2N7O2S/c1-33-21-5-3-4-18(15-29)23(21)24-22(33)16-30-25(31-24)26(32-38(2,36)37)35-12-10-34(11-13-35)9-8-17-6-7-19(27)20(28)14-17/h3-7,14,16,26,32H,8-13H2,1-2H3. The van der Waals surface area contributed by atoms with E-state index in [0.29, 0.717) is 61.4 Å². The molecule has 4 aromatic rings. The van der Waals surface area contributed by atoms with Crippen molar-refractivity contribution >= 4 is 32.0 Å². The summed E-state index contributed by atoms with van der Waals surface area (Å²) < 4.78 is 55.9. The highest BCUT2D eigenvalue weighted by Crippen LogP contribution is 2.30. The highest BCUT2D eigenvalue weighted by molar-refractivity contribution is 7.88. The molecule has 0 saturated carbocycles. The Labute approximate surface area is 219 Å². The van der Waals surface area contributed by atoms with Gasteiger partial charge in [0.15, 0.2) is 17.5 Å². The van der Waals surface area contributed by atoms with E-state index in [1.54, 1.807) is 18.3 Å². The predicted octanol–water partition coefficient (Wildman–Crippen LogP) is 2.68. The first-order valence-electron chi connectivity index (χ1n) is 12.2. The van der Waals surface area contributed by atoms with Crippen molar-refractivity contribution in [1.29, 1.82) is 5.26 Å². The summed E-state index contributed by atoms with van der Waals surface area (Å²) in [6, 6.07) is 11.6. The Morgan fingerprint density at radius 1 is 1.11 bits per heavy atom. The first kappa shape index (κ1) is 26.1. The van der Waals surface area contributed by atoms with Crippen molar-refractivity contribution in [2.24, 2.45) is 7.05 Å². The molecule has 0 radical (unpaired) electrons. The van der Waals surface area contributed by atoms with Crippen molar-refractivity contribution in [2.75, 3.05) is 39.0 Å². The van der Waals surface area contributed by atoms with E-state index in [1.165, 1.54) is 6.07 Å². The molecule has 1 aliphatic heterocycles. The number of aromatic nitrogens is 3. The van der Waals surface area contributed by atoms with Gasteiger partial charge in [0, 0.05) is 45.2 Å². The summed E-state index contributed by atoms with van der Waals surface area (Å²) in [5.74, 6) is -1.41. The molecule has 0 bridgehead atoms. The predicted molar refractivity (Wildman–Crippen MR) is 140 cm³/mol. The van der Waals surface area contributed by atoms with Gasteiger partial charge in [-0.15, -0.1) is 0 Å². The van der Waals surface area contributed by atoms with Gasteiger partial charge in [-0.3, -0.25) is 4.90 Å². The van der Waals surface area contributed by atoms with Crippen LogP contribution >= 0.6 is 0 Å². The Hall–Kier alpha value is -3.50. The molecule has 2 aromatic heterocycles. The van der Waals surface area contributed by atoms with Crippen LogP contribution in [0, 0.1) is 23.0 Å². The van der Waals surface area contributed by atoms with E-state index in [4.69, 9.17) is 4.98 Å².